The molecule has 1 aliphatic heterocycles. The molecule has 2 N–H and O–H groups in total. The summed E-state index contributed by atoms with van der Waals surface area (Å²) in [6, 6.07) is 9.68. The second-order valence-electron chi connectivity index (χ2n) is 6.39. The van der Waals surface area contributed by atoms with Gasteiger partial charge < -0.3 is 14.7 Å². The number of hydrogen-bond acceptors (Lipinski definition) is 5. The zero-order chi connectivity index (χ0) is 18.0. The molecule has 1 aromatic heterocycles. The summed E-state index contributed by atoms with van der Waals surface area (Å²) in [6.07, 6.45) is -0.111. The Hall–Kier alpha value is -2.03. The van der Waals surface area contributed by atoms with Crippen molar-refractivity contribution in [3.05, 3.63) is 46.5 Å². The number of hydrogen-bond donors (Lipinski definition) is 2. The monoisotopic (exact) mass is 363 g/mol. The number of rotatable bonds is 5. The van der Waals surface area contributed by atoms with E-state index in [2.05, 4.69) is 5.10 Å². The Morgan fingerprint density at radius 3 is 2.84 bits per heavy atom. The molecule has 1 aromatic carbocycles. The fourth-order valence-electron chi connectivity index (χ4n) is 3.34. The molecular weight excluding hydrogens is 340 g/mol. The van der Waals surface area contributed by atoms with Gasteiger partial charge in [-0.05, 0) is 24.7 Å². The molecule has 1 unspecified atom stereocenters. The predicted octanol–water partition coefficient (Wildman–Crippen LogP) is -0.0806. The van der Waals surface area contributed by atoms with Crippen LogP contribution in [-0.4, -0.2) is 51.2 Å². The summed E-state index contributed by atoms with van der Waals surface area (Å²) >= 11 is 5.58. The largest absolute Gasteiger partial charge is 0.465 e. The second kappa shape index (κ2) is 7.47. The van der Waals surface area contributed by atoms with Gasteiger partial charge in [0.1, 0.15) is 18.5 Å². The van der Waals surface area contributed by atoms with E-state index >= 15 is 0 Å². The Kier molecular flexibility index (Phi) is 5.31. The predicted molar refractivity (Wildman–Crippen MR) is 93.6 cm³/mol. The number of benzene rings is 1. The van der Waals surface area contributed by atoms with E-state index in [-0.39, 0.29) is 12.0 Å². The fraction of sp³-hybridized carbons (Fsp3) is 0.471. The maximum absolute atomic E-state index is 11.9. The van der Waals surface area contributed by atoms with Crippen molar-refractivity contribution in [1.29, 1.82) is 0 Å². The van der Waals surface area contributed by atoms with Crippen LogP contribution in [0, 0.1) is 11.7 Å². The van der Waals surface area contributed by atoms with E-state index in [1.165, 1.54) is 7.11 Å². The van der Waals surface area contributed by atoms with Crippen molar-refractivity contribution < 1.29 is 19.5 Å². The number of aromatic nitrogens is 3. The van der Waals surface area contributed by atoms with Crippen molar-refractivity contribution in [3.8, 4) is 0 Å². The molecule has 25 heavy (non-hydrogen) atoms. The first kappa shape index (κ1) is 17.8. The highest BCUT2D eigenvalue weighted by molar-refractivity contribution is 7.71. The third-order valence-electron chi connectivity index (χ3n) is 4.63. The van der Waals surface area contributed by atoms with E-state index < -0.39 is 6.10 Å². The van der Waals surface area contributed by atoms with Crippen LogP contribution in [0.2, 0.25) is 0 Å². The van der Waals surface area contributed by atoms with E-state index in [4.69, 9.17) is 17.0 Å². The fourth-order valence-corrected chi connectivity index (χ4v) is 3.64. The van der Waals surface area contributed by atoms with Gasteiger partial charge in [0.05, 0.1) is 13.7 Å². The lowest BCUT2D eigenvalue weighted by Crippen LogP contribution is -3.14. The Balaban J connectivity index is 1.81. The molecule has 2 aromatic rings. The summed E-state index contributed by atoms with van der Waals surface area (Å²) in [4.78, 5) is 12.9. The highest BCUT2D eigenvalue weighted by atomic mass is 32.1. The zero-order valence-corrected chi connectivity index (χ0v) is 15.2. The topological polar surface area (TPSA) is 73.7 Å². The summed E-state index contributed by atoms with van der Waals surface area (Å²) in [6.45, 7) is 3.48. The molecule has 0 saturated carbocycles. The summed E-state index contributed by atoms with van der Waals surface area (Å²) in [5.74, 6) is 0.515. The highest BCUT2D eigenvalue weighted by Gasteiger charge is 2.41. The number of carbonyl (C=O) groups excluding carboxylic acids is 1. The number of esters is 1. The van der Waals surface area contributed by atoms with Gasteiger partial charge in [-0.15, -0.1) is 0 Å². The van der Waals surface area contributed by atoms with Gasteiger partial charge in [-0.3, -0.25) is 4.57 Å². The first-order valence-corrected chi connectivity index (χ1v) is 8.69. The minimum absolute atomic E-state index is 0.307. The van der Waals surface area contributed by atoms with Gasteiger partial charge in [-0.1, -0.05) is 30.3 Å². The van der Waals surface area contributed by atoms with Gasteiger partial charge in [-0.25, -0.2) is 4.79 Å². The van der Waals surface area contributed by atoms with Crippen molar-refractivity contribution in [2.75, 3.05) is 13.7 Å². The number of nitrogens with zero attached hydrogens (tertiary/aromatic N) is 3. The lowest BCUT2D eigenvalue weighted by atomic mass is 10.2. The molecule has 1 fully saturated rings. The summed E-state index contributed by atoms with van der Waals surface area (Å²) in [5, 5.41) is 14.5. The minimum Gasteiger partial charge on any atom is -0.465 e. The standard InChI is InChI=1S/C17H22N4O3S/c1-12-18-21(11-19-10-14(22)8-15(19)16(23)24-2)17(25)20(12)9-13-6-4-3-5-7-13/h3-7,14-15,22H,8-11H2,1-2H3/p+1/t14-,15+/m1/s1. The van der Waals surface area contributed by atoms with Crippen molar-refractivity contribution in [3.63, 3.8) is 0 Å². The van der Waals surface area contributed by atoms with Crippen molar-refractivity contribution >= 4 is 18.2 Å². The van der Waals surface area contributed by atoms with Crippen LogP contribution in [0.1, 0.15) is 17.8 Å². The molecule has 7 nitrogen and oxygen atoms in total. The Labute approximate surface area is 151 Å². The van der Waals surface area contributed by atoms with Gasteiger partial charge in [0.25, 0.3) is 0 Å². The van der Waals surface area contributed by atoms with Gasteiger partial charge >= 0.3 is 5.97 Å². The molecule has 0 aliphatic carbocycles. The lowest BCUT2D eigenvalue weighted by molar-refractivity contribution is -0.928. The van der Waals surface area contributed by atoms with Crippen molar-refractivity contribution in [1.82, 2.24) is 14.3 Å². The molecule has 134 valence electrons. The summed E-state index contributed by atoms with van der Waals surface area (Å²) in [7, 11) is 1.37. The number of aryl methyl sites for hydroxylation is 1. The van der Waals surface area contributed by atoms with Crippen LogP contribution in [0.5, 0.6) is 0 Å². The molecule has 8 heteroatoms. The van der Waals surface area contributed by atoms with E-state index in [0.29, 0.717) is 31.0 Å². The van der Waals surface area contributed by atoms with Crippen LogP contribution < -0.4 is 4.90 Å². The number of aliphatic hydroxyl groups excluding tert-OH is 1. The van der Waals surface area contributed by atoms with Crippen molar-refractivity contribution in [2.45, 2.75) is 38.7 Å². The Morgan fingerprint density at radius 1 is 1.44 bits per heavy atom. The first-order chi connectivity index (χ1) is 12.0. The van der Waals surface area contributed by atoms with Gasteiger partial charge in [0.15, 0.2) is 12.7 Å². The van der Waals surface area contributed by atoms with Gasteiger partial charge in [0.2, 0.25) is 4.77 Å². The number of likely N-dealkylation sites (tertiary alicyclic amines) is 1. The van der Waals surface area contributed by atoms with E-state index in [0.717, 1.165) is 16.3 Å². The van der Waals surface area contributed by atoms with Crippen LogP contribution in [-0.2, 0) is 22.7 Å². The summed E-state index contributed by atoms with van der Waals surface area (Å²) in [5.41, 5.74) is 1.15. The third-order valence-corrected chi connectivity index (χ3v) is 5.06. The van der Waals surface area contributed by atoms with Crippen LogP contribution in [0.3, 0.4) is 0 Å². The highest BCUT2D eigenvalue weighted by Crippen LogP contribution is 2.08. The maximum Gasteiger partial charge on any atom is 0.364 e. The Morgan fingerprint density at radius 2 is 2.16 bits per heavy atom. The molecule has 0 spiro atoms. The smallest absolute Gasteiger partial charge is 0.364 e. The number of carbonyl (C=O) groups is 1. The minimum atomic E-state index is -0.513. The SMILES string of the molecule is COC(=O)[C@@H]1C[C@@H](O)C[NH+]1Cn1nc(C)n(Cc2ccccc2)c1=S. The van der Waals surface area contributed by atoms with Gasteiger partial charge in [0, 0.05) is 6.42 Å². The number of methoxy groups -OCH3 is 1. The van der Waals surface area contributed by atoms with E-state index in [9.17, 15) is 9.90 Å². The second-order valence-corrected chi connectivity index (χ2v) is 6.75. The van der Waals surface area contributed by atoms with Crippen LogP contribution >= 0.6 is 12.2 Å². The summed E-state index contributed by atoms with van der Waals surface area (Å²) < 4.78 is 9.18. The number of ether oxygens (including phenoxy) is 1. The normalized spacial score (nSPS) is 22.9. The lowest BCUT2D eigenvalue weighted by Gasteiger charge is -2.18. The zero-order valence-electron chi connectivity index (χ0n) is 14.4. The average molecular weight is 363 g/mol. The van der Waals surface area contributed by atoms with E-state index in [1.54, 1.807) is 4.68 Å². The molecule has 0 amide bonds. The number of quaternary nitrogens is 1. The molecule has 2 heterocycles. The quantitative estimate of drug-likeness (QED) is 0.574. The molecule has 1 saturated heterocycles. The molecule has 3 atom stereocenters. The average Bonchev–Trinajstić information content (AvgIpc) is 3.10. The molecule has 0 bridgehead atoms. The molecule has 3 rings (SSSR count). The van der Waals surface area contributed by atoms with Crippen molar-refractivity contribution in [2.24, 2.45) is 0 Å². The molecule has 0 radical (unpaired) electrons. The van der Waals surface area contributed by atoms with E-state index in [1.807, 2.05) is 41.8 Å². The van der Waals surface area contributed by atoms with Crippen LogP contribution in [0.4, 0.5) is 0 Å². The van der Waals surface area contributed by atoms with Crippen LogP contribution in [0.15, 0.2) is 30.3 Å². The third kappa shape index (κ3) is 3.81. The number of aliphatic hydroxyl groups is 1. The molecule has 1 aliphatic rings. The molecular formula is C17H23N4O3S+. The number of nitrogens with one attached hydrogen (secondary N) is 1. The first-order valence-electron chi connectivity index (χ1n) is 8.28. The van der Waals surface area contributed by atoms with Gasteiger partial charge in [-0.2, -0.15) is 9.78 Å². The maximum atomic E-state index is 11.9. The Bertz CT molecular complexity index is 802. The van der Waals surface area contributed by atoms with Crippen LogP contribution in [0.25, 0.3) is 0 Å².